The monoisotopic (exact) mass is 515 g/mol. The molecule has 188 valence electrons. The number of pyridine rings is 3. The van der Waals surface area contributed by atoms with Crippen LogP contribution < -0.4 is 9.13 Å². The van der Waals surface area contributed by atoms with Gasteiger partial charge in [-0.2, -0.15) is 0 Å². The Bertz CT molecular complexity index is 2160. The number of benzene rings is 3. The molecule has 7 aromatic rings. The maximum absolute atomic E-state index is 6.64. The number of hydrogen-bond acceptors (Lipinski definition) is 2. The van der Waals surface area contributed by atoms with E-state index in [9.17, 15) is 0 Å². The first-order valence-corrected chi connectivity index (χ1v) is 13.7. The van der Waals surface area contributed by atoms with Gasteiger partial charge in [0, 0.05) is 40.7 Å². The molecule has 0 aliphatic carbocycles. The summed E-state index contributed by atoms with van der Waals surface area (Å²) in [6.45, 7) is 4.15. The Morgan fingerprint density at radius 1 is 0.650 bits per heavy atom. The van der Waals surface area contributed by atoms with E-state index in [0.29, 0.717) is 5.71 Å². The van der Waals surface area contributed by atoms with Crippen LogP contribution >= 0.6 is 0 Å². The summed E-state index contributed by atoms with van der Waals surface area (Å²) in [5, 5.41) is 2.14. The van der Waals surface area contributed by atoms with E-state index in [0.717, 1.165) is 33.3 Å². The maximum atomic E-state index is 6.64. The van der Waals surface area contributed by atoms with E-state index in [1.165, 1.54) is 39.1 Å². The third-order valence-corrected chi connectivity index (χ3v) is 8.72. The third-order valence-electron chi connectivity index (χ3n) is 8.72. The van der Waals surface area contributed by atoms with E-state index in [1.54, 1.807) is 0 Å². The Balaban J connectivity index is 1.46. The summed E-state index contributed by atoms with van der Waals surface area (Å²) in [6, 6.07) is 37.3. The van der Waals surface area contributed by atoms with Crippen LogP contribution in [0.1, 0.15) is 22.4 Å². The van der Waals surface area contributed by atoms with Crippen molar-refractivity contribution in [2.75, 3.05) is 0 Å². The second kappa shape index (κ2) is 7.51. The minimum absolute atomic E-state index is 0.570. The molecular formula is C36H25N3O+2. The van der Waals surface area contributed by atoms with Crippen LogP contribution in [0.4, 0.5) is 0 Å². The molecule has 4 nitrogen and oxygen atoms in total. The molecule has 0 fully saturated rings. The Hall–Kier alpha value is -5.09. The lowest BCUT2D eigenvalue weighted by Crippen LogP contribution is -2.71. The fourth-order valence-corrected chi connectivity index (χ4v) is 7.07. The second-order valence-electron chi connectivity index (χ2n) is 11.0. The number of aromatic nitrogens is 3. The smallest absolute Gasteiger partial charge is 0.417 e. The highest BCUT2D eigenvalue weighted by molar-refractivity contribution is 6.09. The molecule has 9 rings (SSSR count). The molecule has 0 amide bonds. The predicted molar refractivity (Wildman–Crippen MR) is 156 cm³/mol. The molecule has 4 aromatic heterocycles. The van der Waals surface area contributed by atoms with Crippen molar-refractivity contribution < 1.29 is 13.6 Å². The Kier molecular flexibility index (Phi) is 4.10. The van der Waals surface area contributed by atoms with Gasteiger partial charge in [-0.3, -0.25) is 0 Å². The molecule has 40 heavy (non-hydrogen) atoms. The lowest BCUT2D eigenvalue weighted by molar-refractivity contribution is -0.955. The second-order valence-corrected chi connectivity index (χ2v) is 11.0. The minimum Gasteiger partial charge on any atom is -0.437 e. The molecule has 2 aliphatic heterocycles. The standard InChI is InChI=1S/C36H25N3O/c1-22-8-7-9-24(20-22)25-17-19-39-32(21-25)33-30(16-15-26-27-14-13-23(2)37-35(27)40-34(26)33)36(39)29-11-4-3-10-28(29)31-12-5-6-18-38(31)36/h3-21H,1-2H3/q+2. The largest absolute Gasteiger partial charge is 0.437 e. The Labute approximate surface area is 231 Å². The molecule has 3 aromatic carbocycles. The summed E-state index contributed by atoms with van der Waals surface area (Å²) in [7, 11) is 0. The van der Waals surface area contributed by atoms with Crippen LogP contribution in [0.2, 0.25) is 0 Å². The van der Waals surface area contributed by atoms with Crippen LogP contribution in [0.25, 0.3) is 55.7 Å². The number of rotatable bonds is 1. The lowest BCUT2D eigenvalue weighted by Gasteiger charge is -2.17. The highest BCUT2D eigenvalue weighted by Crippen LogP contribution is 2.50. The number of aryl methyl sites for hydroxylation is 2. The van der Waals surface area contributed by atoms with Gasteiger partial charge in [0.25, 0.3) is 0 Å². The number of furan rings is 1. The molecular weight excluding hydrogens is 490 g/mol. The zero-order chi connectivity index (χ0) is 26.6. The van der Waals surface area contributed by atoms with Crippen LogP contribution in [-0.2, 0) is 5.66 Å². The normalized spacial score (nSPS) is 16.4. The van der Waals surface area contributed by atoms with E-state index in [-0.39, 0.29) is 0 Å². The highest BCUT2D eigenvalue weighted by Gasteiger charge is 2.67. The van der Waals surface area contributed by atoms with Gasteiger partial charge in [0.05, 0.1) is 5.56 Å². The van der Waals surface area contributed by atoms with E-state index < -0.39 is 5.66 Å². The molecule has 1 spiro atoms. The lowest BCUT2D eigenvalue weighted by atomic mass is 9.89. The highest BCUT2D eigenvalue weighted by atomic mass is 16.3. The number of fused-ring (bicyclic) bond motifs is 14. The molecule has 6 heterocycles. The molecule has 4 heteroatoms. The average molecular weight is 516 g/mol. The zero-order valence-corrected chi connectivity index (χ0v) is 22.2. The first-order chi connectivity index (χ1) is 19.6. The van der Waals surface area contributed by atoms with Crippen LogP contribution in [0.15, 0.2) is 120 Å². The molecule has 2 aliphatic rings. The van der Waals surface area contributed by atoms with Crippen molar-refractivity contribution in [3.05, 3.63) is 138 Å². The Morgan fingerprint density at radius 2 is 1.48 bits per heavy atom. The van der Waals surface area contributed by atoms with Gasteiger partial charge in [0.1, 0.15) is 16.7 Å². The summed E-state index contributed by atoms with van der Waals surface area (Å²) in [5.41, 5.74) is 12.8. The van der Waals surface area contributed by atoms with Gasteiger partial charge in [0.2, 0.25) is 17.1 Å². The van der Waals surface area contributed by atoms with E-state index in [2.05, 4.69) is 132 Å². The van der Waals surface area contributed by atoms with Gasteiger partial charge in [-0.25, -0.2) is 4.98 Å². The fraction of sp³-hybridized carbons (Fsp3) is 0.0833. The zero-order valence-electron chi connectivity index (χ0n) is 22.2. The van der Waals surface area contributed by atoms with Crippen molar-refractivity contribution in [3.8, 4) is 33.6 Å². The van der Waals surface area contributed by atoms with Gasteiger partial charge >= 0.3 is 5.66 Å². The molecule has 0 N–H and O–H groups in total. The van der Waals surface area contributed by atoms with Crippen LogP contribution in [0, 0.1) is 13.8 Å². The van der Waals surface area contributed by atoms with Crippen molar-refractivity contribution >= 4 is 22.1 Å². The summed E-state index contributed by atoms with van der Waals surface area (Å²) in [4.78, 5) is 4.75. The topological polar surface area (TPSA) is 33.8 Å². The first-order valence-electron chi connectivity index (χ1n) is 13.7. The van der Waals surface area contributed by atoms with E-state index in [4.69, 9.17) is 9.40 Å². The summed E-state index contributed by atoms with van der Waals surface area (Å²) >= 11 is 0. The van der Waals surface area contributed by atoms with Crippen molar-refractivity contribution in [2.45, 2.75) is 19.5 Å². The van der Waals surface area contributed by atoms with Crippen molar-refractivity contribution in [2.24, 2.45) is 0 Å². The van der Waals surface area contributed by atoms with Crippen LogP contribution in [-0.4, -0.2) is 4.98 Å². The van der Waals surface area contributed by atoms with Crippen LogP contribution in [0.3, 0.4) is 0 Å². The van der Waals surface area contributed by atoms with Crippen LogP contribution in [0.5, 0.6) is 0 Å². The van der Waals surface area contributed by atoms with E-state index in [1.807, 2.05) is 6.92 Å². The molecule has 0 bridgehead atoms. The molecule has 0 radical (unpaired) electrons. The molecule has 1 unspecified atom stereocenters. The first kappa shape index (κ1) is 21.8. The number of nitrogens with zero attached hydrogens (tertiary/aromatic N) is 3. The van der Waals surface area contributed by atoms with Gasteiger partial charge in [-0.15, -0.1) is 9.13 Å². The quantitative estimate of drug-likeness (QED) is 0.219. The maximum Gasteiger partial charge on any atom is 0.417 e. The summed E-state index contributed by atoms with van der Waals surface area (Å²) < 4.78 is 11.5. The van der Waals surface area contributed by atoms with Gasteiger partial charge in [-0.1, -0.05) is 42.0 Å². The SMILES string of the molecule is Cc1cccc(-c2cc[n+]3c(c2)-c2c(ccc4c2oc2nc(C)ccc24)C32c3ccccc3-c3cccc[n+]32)c1. The fourth-order valence-electron chi connectivity index (χ4n) is 7.07. The molecule has 1 atom stereocenters. The minimum atomic E-state index is -0.570. The van der Waals surface area contributed by atoms with Crippen molar-refractivity contribution in [3.63, 3.8) is 0 Å². The molecule has 0 saturated heterocycles. The summed E-state index contributed by atoms with van der Waals surface area (Å²) in [6.07, 6.45) is 4.47. The van der Waals surface area contributed by atoms with E-state index >= 15 is 0 Å². The van der Waals surface area contributed by atoms with Crippen molar-refractivity contribution in [1.82, 2.24) is 4.98 Å². The Morgan fingerprint density at radius 3 is 2.40 bits per heavy atom. The van der Waals surface area contributed by atoms with Gasteiger partial charge < -0.3 is 4.42 Å². The molecule has 0 saturated carbocycles. The number of hydrogen-bond donors (Lipinski definition) is 0. The van der Waals surface area contributed by atoms with Gasteiger partial charge in [-0.05, 0) is 67.4 Å². The predicted octanol–water partition coefficient (Wildman–Crippen LogP) is 7.10. The summed E-state index contributed by atoms with van der Waals surface area (Å²) in [5.74, 6) is 0. The average Bonchev–Trinajstić information content (AvgIpc) is 3.60. The van der Waals surface area contributed by atoms with Crippen molar-refractivity contribution in [1.29, 1.82) is 0 Å². The third kappa shape index (κ3) is 2.58. The van der Waals surface area contributed by atoms with Gasteiger partial charge in [0.15, 0.2) is 18.0 Å².